The topological polar surface area (TPSA) is 93.7 Å². The second-order valence-electron chi connectivity index (χ2n) is 7.53. The van der Waals surface area contributed by atoms with Crippen molar-refractivity contribution in [1.82, 2.24) is 20.9 Å². The Kier molecular flexibility index (Phi) is 9.53. The Bertz CT molecular complexity index is 436. The molecule has 0 bridgehead atoms. The second kappa shape index (κ2) is 10.8. The number of urea groups is 1. The Morgan fingerprint density at radius 3 is 2.68 bits per heavy atom. The molecule has 8 heteroatoms. The lowest BCUT2D eigenvalue weighted by Crippen LogP contribution is -2.47. The predicted molar refractivity (Wildman–Crippen MR) is 99.8 cm³/mol. The number of aliphatic hydroxyl groups excluding tert-OH is 1. The summed E-state index contributed by atoms with van der Waals surface area (Å²) in [6.07, 6.45) is 2.00. The molecule has 0 aromatic rings. The van der Waals surface area contributed by atoms with Crippen LogP contribution in [-0.2, 0) is 4.79 Å². The Balaban J connectivity index is 0.00000312. The molecule has 0 radical (unpaired) electrons. The number of likely N-dealkylation sites (tertiary alicyclic amines) is 1. The molecule has 7 nitrogen and oxygen atoms in total. The molecule has 3 unspecified atom stereocenters. The Morgan fingerprint density at radius 1 is 1.28 bits per heavy atom. The van der Waals surface area contributed by atoms with E-state index in [1.807, 2.05) is 4.90 Å². The van der Waals surface area contributed by atoms with Crippen LogP contribution in [0, 0.1) is 17.8 Å². The molecule has 2 fully saturated rings. The summed E-state index contributed by atoms with van der Waals surface area (Å²) in [7, 11) is 0. The summed E-state index contributed by atoms with van der Waals surface area (Å²) in [6, 6.07) is -0.0195. The molecular formula is C17H33ClN4O3. The lowest BCUT2D eigenvalue weighted by molar-refractivity contribution is -0.122. The van der Waals surface area contributed by atoms with Gasteiger partial charge >= 0.3 is 6.03 Å². The van der Waals surface area contributed by atoms with Crippen LogP contribution >= 0.6 is 12.4 Å². The quantitative estimate of drug-likeness (QED) is 0.545. The number of β-amino-alcohol motifs (C(OH)–C–C–N with tert-alkyl or cyclic N) is 1. The van der Waals surface area contributed by atoms with Crippen LogP contribution in [0.4, 0.5) is 4.79 Å². The molecule has 3 atom stereocenters. The van der Waals surface area contributed by atoms with Crippen LogP contribution in [0.15, 0.2) is 0 Å². The number of amides is 3. The average molecular weight is 377 g/mol. The van der Waals surface area contributed by atoms with Crippen molar-refractivity contribution < 1.29 is 14.7 Å². The van der Waals surface area contributed by atoms with Crippen molar-refractivity contribution in [2.75, 3.05) is 39.3 Å². The number of carbonyl (C=O) groups is 2. The molecule has 2 aliphatic rings. The van der Waals surface area contributed by atoms with E-state index in [1.54, 1.807) is 0 Å². The minimum absolute atomic E-state index is 0. The molecule has 2 rings (SSSR count). The number of rotatable bonds is 6. The molecule has 0 aromatic heterocycles. The van der Waals surface area contributed by atoms with Crippen LogP contribution in [0.25, 0.3) is 0 Å². The van der Waals surface area contributed by atoms with E-state index in [-0.39, 0.29) is 42.3 Å². The van der Waals surface area contributed by atoms with Gasteiger partial charge in [0, 0.05) is 51.6 Å². The van der Waals surface area contributed by atoms with Crippen molar-refractivity contribution in [3.8, 4) is 0 Å². The standard InChI is InChI=1S/C17H32N4O3.ClH/c1-12(2)7-20-17(24)21-5-3-4-13(11-21)6-16(23)19-9-14-8-18-10-15(14)22;/h12-15,18,22H,3-11H2,1-2H3,(H,19,23)(H,20,24);1H. The Labute approximate surface area is 156 Å². The molecule has 4 N–H and O–H groups in total. The van der Waals surface area contributed by atoms with Gasteiger partial charge in [0.1, 0.15) is 0 Å². The van der Waals surface area contributed by atoms with E-state index >= 15 is 0 Å². The van der Waals surface area contributed by atoms with Gasteiger partial charge in [-0.1, -0.05) is 13.8 Å². The van der Waals surface area contributed by atoms with Gasteiger partial charge in [-0.25, -0.2) is 4.79 Å². The number of nitrogens with one attached hydrogen (secondary N) is 3. The fourth-order valence-corrected chi connectivity index (χ4v) is 3.33. The van der Waals surface area contributed by atoms with Gasteiger partial charge in [-0.15, -0.1) is 12.4 Å². The molecule has 2 saturated heterocycles. The molecule has 0 spiro atoms. The second-order valence-corrected chi connectivity index (χ2v) is 7.53. The van der Waals surface area contributed by atoms with E-state index in [2.05, 4.69) is 29.8 Å². The zero-order valence-electron chi connectivity index (χ0n) is 15.3. The van der Waals surface area contributed by atoms with Crippen LogP contribution in [0.3, 0.4) is 0 Å². The van der Waals surface area contributed by atoms with Crippen molar-refractivity contribution >= 4 is 24.3 Å². The number of halogens is 1. The summed E-state index contributed by atoms with van der Waals surface area (Å²) in [5.41, 5.74) is 0. The lowest BCUT2D eigenvalue weighted by Gasteiger charge is -2.32. The van der Waals surface area contributed by atoms with Crippen molar-refractivity contribution in [3.63, 3.8) is 0 Å². The number of nitrogens with zero attached hydrogens (tertiary/aromatic N) is 1. The Morgan fingerprint density at radius 2 is 2.04 bits per heavy atom. The highest BCUT2D eigenvalue weighted by Crippen LogP contribution is 2.19. The van der Waals surface area contributed by atoms with Crippen LogP contribution in [0.5, 0.6) is 0 Å². The van der Waals surface area contributed by atoms with Gasteiger partial charge in [0.15, 0.2) is 0 Å². The van der Waals surface area contributed by atoms with E-state index in [0.29, 0.717) is 38.5 Å². The Hall–Kier alpha value is -1.05. The van der Waals surface area contributed by atoms with Crippen molar-refractivity contribution in [2.45, 2.75) is 39.2 Å². The fourth-order valence-electron chi connectivity index (χ4n) is 3.33. The van der Waals surface area contributed by atoms with Gasteiger partial charge in [-0.2, -0.15) is 0 Å². The van der Waals surface area contributed by atoms with E-state index < -0.39 is 0 Å². The first-order chi connectivity index (χ1) is 11.5. The van der Waals surface area contributed by atoms with Gasteiger partial charge in [0.05, 0.1) is 6.10 Å². The van der Waals surface area contributed by atoms with Crippen molar-refractivity contribution in [3.05, 3.63) is 0 Å². The highest BCUT2D eigenvalue weighted by molar-refractivity contribution is 5.85. The van der Waals surface area contributed by atoms with E-state index in [4.69, 9.17) is 0 Å². The highest BCUT2D eigenvalue weighted by Gasteiger charge is 2.27. The SMILES string of the molecule is CC(C)CNC(=O)N1CCCC(CC(=O)NCC2CNCC2O)C1.Cl. The summed E-state index contributed by atoms with van der Waals surface area (Å²) in [4.78, 5) is 26.1. The third kappa shape index (κ3) is 7.38. The number of hydrogen-bond acceptors (Lipinski definition) is 4. The number of carbonyl (C=O) groups excluding carboxylic acids is 2. The molecule has 2 heterocycles. The average Bonchev–Trinajstić information content (AvgIpc) is 2.96. The maximum absolute atomic E-state index is 12.1. The third-order valence-electron chi connectivity index (χ3n) is 4.81. The predicted octanol–water partition coefficient (Wildman–Crippen LogP) is 0.572. The van der Waals surface area contributed by atoms with Crippen LogP contribution in [0.1, 0.15) is 33.1 Å². The molecule has 0 aliphatic carbocycles. The largest absolute Gasteiger partial charge is 0.391 e. The van der Waals surface area contributed by atoms with Crippen molar-refractivity contribution in [2.24, 2.45) is 17.8 Å². The zero-order chi connectivity index (χ0) is 17.5. The van der Waals surface area contributed by atoms with Crippen LogP contribution < -0.4 is 16.0 Å². The first-order valence-corrected chi connectivity index (χ1v) is 9.14. The molecule has 25 heavy (non-hydrogen) atoms. The zero-order valence-corrected chi connectivity index (χ0v) is 16.1. The molecule has 3 amide bonds. The van der Waals surface area contributed by atoms with Gasteiger partial charge in [0.2, 0.25) is 5.91 Å². The molecule has 0 aromatic carbocycles. The molecular weight excluding hydrogens is 344 g/mol. The normalized spacial score (nSPS) is 26.2. The fraction of sp³-hybridized carbons (Fsp3) is 0.882. The van der Waals surface area contributed by atoms with E-state index in [9.17, 15) is 14.7 Å². The molecule has 0 saturated carbocycles. The summed E-state index contributed by atoms with van der Waals surface area (Å²) in [5.74, 6) is 0.762. The van der Waals surface area contributed by atoms with Gasteiger partial charge in [-0.3, -0.25) is 4.79 Å². The monoisotopic (exact) mass is 376 g/mol. The maximum atomic E-state index is 12.1. The summed E-state index contributed by atoms with van der Waals surface area (Å²) < 4.78 is 0. The molecule has 146 valence electrons. The number of hydrogen-bond donors (Lipinski definition) is 4. The van der Waals surface area contributed by atoms with Gasteiger partial charge in [0.25, 0.3) is 0 Å². The lowest BCUT2D eigenvalue weighted by atomic mass is 9.94. The van der Waals surface area contributed by atoms with Crippen molar-refractivity contribution in [1.29, 1.82) is 0 Å². The first-order valence-electron chi connectivity index (χ1n) is 9.14. The summed E-state index contributed by atoms with van der Waals surface area (Å²) >= 11 is 0. The van der Waals surface area contributed by atoms with Gasteiger partial charge in [-0.05, 0) is 24.7 Å². The smallest absolute Gasteiger partial charge is 0.317 e. The molecule has 2 aliphatic heterocycles. The van der Waals surface area contributed by atoms with Crippen LogP contribution in [-0.4, -0.2) is 67.3 Å². The number of piperidine rings is 1. The minimum atomic E-state index is -0.375. The summed E-state index contributed by atoms with van der Waals surface area (Å²) in [6.45, 7) is 8.09. The third-order valence-corrected chi connectivity index (χ3v) is 4.81. The van der Waals surface area contributed by atoms with Gasteiger partial charge < -0.3 is 26.0 Å². The number of aliphatic hydroxyl groups is 1. The van der Waals surface area contributed by atoms with Crippen LogP contribution in [0.2, 0.25) is 0 Å². The minimum Gasteiger partial charge on any atom is -0.391 e. The summed E-state index contributed by atoms with van der Waals surface area (Å²) in [5, 5.41) is 18.7. The van der Waals surface area contributed by atoms with E-state index in [1.165, 1.54) is 0 Å². The first kappa shape index (κ1) is 22.0. The maximum Gasteiger partial charge on any atom is 0.317 e. The highest BCUT2D eigenvalue weighted by atomic mass is 35.5. The van der Waals surface area contributed by atoms with E-state index in [0.717, 1.165) is 25.9 Å².